The summed E-state index contributed by atoms with van der Waals surface area (Å²) < 4.78 is 0.829. The van der Waals surface area contributed by atoms with Gasteiger partial charge in [-0.15, -0.1) is 0 Å². The van der Waals surface area contributed by atoms with Gasteiger partial charge in [0.25, 0.3) is 0 Å². The lowest BCUT2D eigenvalue weighted by atomic mass is 10.4. The molecule has 2 amide bonds. The number of carbonyl (C=O) groups excluding carboxylic acids is 2. The quantitative estimate of drug-likeness (QED) is 0.722. The lowest BCUT2D eigenvalue weighted by molar-refractivity contribution is -0.123. The van der Waals surface area contributed by atoms with Gasteiger partial charge in [-0.1, -0.05) is 0 Å². The Hall–Kier alpha value is -1.23. The number of hydrogen-bond acceptors (Lipinski definition) is 3. The van der Waals surface area contributed by atoms with Crippen LogP contribution in [0.2, 0.25) is 0 Å². The number of halogens is 1. The number of carbonyl (C=O) groups is 2. The molecule has 4 nitrogen and oxygen atoms in total. The van der Waals surface area contributed by atoms with E-state index in [1.165, 1.54) is 4.90 Å². The molecule has 1 saturated heterocycles. The number of fused-ring (bicyclic) bond motifs is 1. The molecule has 0 N–H and O–H groups in total. The zero-order valence-corrected chi connectivity index (χ0v) is 9.27. The van der Waals surface area contributed by atoms with E-state index in [-0.39, 0.29) is 23.7 Å². The van der Waals surface area contributed by atoms with E-state index in [2.05, 4.69) is 20.9 Å². The second-order valence-electron chi connectivity index (χ2n) is 3.80. The van der Waals surface area contributed by atoms with Crippen LogP contribution in [0.5, 0.6) is 0 Å². The van der Waals surface area contributed by atoms with Crippen LogP contribution in [0, 0.1) is 11.8 Å². The third-order valence-electron chi connectivity index (χ3n) is 2.81. The Morgan fingerprint density at radius 1 is 1.27 bits per heavy atom. The van der Waals surface area contributed by atoms with E-state index in [0.717, 1.165) is 10.9 Å². The third kappa shape index (κ3) is 1.23. The summed E-state index contributed by atoms with van der Waals surface area (Å²) in [6.45, 7) is 0. The number of piperidine rings is 1. The van der Waals surface area contributed by atoms with Crippen molar-refractivity contribution in [3.05, 3.63) is 22.8 Å². The molecule has 3 rings (SSSR count). The van der Waals surface area contributed by atoms with Gasteiger partial charge in [0.05, 0.1) is 11.8 Å². The second-order valence-corrected chi connectivity index (χ2v) is 4.71. The van der Waals surface area contributed by atoms with Gasteiger partial charge >= 0.3 is 0 Å². The molecule has 15 heavy (non-hydrogen) atoms. The summed E-state index contributed by atoms with van der Waals surface area (Å²) >= 11 is 3.25. The van der Waals surface area contributed by atoms with Crippen molar-refractivity contribution in [3.63, 3.8) is 0 Å². The molecule has 0 radical (unpaired) electrons. The summed E-state index contributed by atoms with van der Waals surface area (Å²) in [5.41, 5.74) is 0. The summed E-state index contributed by atoms with van der Waals surface area (Å²) in [4.78, 5) is 28.6. The average molecular weight is 267 g/mol. The Morgan fingerprint density at radius 3 is 2.47 bits per heavy atom. The molecule has 1 aliphatic heterocycles. The van der Waals surface area contributed by atoms with Gasteiger partial charge in [-0.3, -0.25) is 9.59 Å². The normalized spacial score (nSPS) is 28.2. The molecule has 1 aliphatic carbocycles. The number of imide groups is 1. The molecular formula is C10H7BrN2O2. The predicted octanol–water partition coefficient (Wildman–Crippen LogP) is 1.35. The SMILES string of the molecule is O=C1C2CC2C(=O)N1c1ccc(Br)cn1. The van der Waals surface area contributed by atoms with Crippen molar-refractivity contribution in [3.8, 4) is 0 Å². The third-order valence-corrected chi connectivity index (χ3v) is 3.28. The standard InChI is InChI=1S/C10H7BrN2O2/c11-5-1-2-8(12-4-5)13-9(14)6-3-7(6)10(13)15/h1-2,4,6-7H,3H2. The Bertz CT molecular complexity index is 437. The number of nitrogens with zero attached hydrogens (tertiary/aromatic N) is 2. The maximum Gasteiger partial charge on any atom is 0.238 e. The Kier molecular flexibility index (Phi) is 1.74. The fourth-order valence-electron chi connectivity index (χ4n) is 1.91. The molecule has 1 aromatic rings. The molecule has 2 heterocycles. The highest BCUT2D eigenvalue weighted by Gasteiger charge is 2.59. The number of anilines is 1. The minimum atomic E-state index is -0.0974. The highest BCUT2D eigenvalue weighted by atomic mass is 79.9. The number of rotatable bonds is 1. The second kappa shape index (κ2) is 2.88. The van der Waals surface area contributed by atoms with E-state index in [1.54, 1.807) is 18.3 Å². The van der Waals surface area contributed by atoms with Gasteiger partial charge in [0.15, 0.2) is 0 Å². The molecule has 0 aromatic carbocycles. The maximum absolute atomic E-state index is 11.7. The van der Waals surface area contributed by atoms with Gasteiger partial charge in [-0.05, 0) is 34.5 Å². The van der Waals surface area contributed by atoms with Crippen LogP contribution in [0.15, 0.2) is 22.8 Å². The topological polar surface area (TPSA) is 50.3 Å². The van der Waals surface area contributed by atoms with Gasteiger partial charge < -0.3 is 0 Å². The lowest BCUT2D eigenvalue weighted by Gasteiger charge is -2.14. The van der Waals surface area contributed by atoms with Crippen molar-refractivity contribution in [2.24, 2.45) is 11.8 Å². The molecule has 2 atom stereocenters. The summed E-state index contributed by atoms with van der Waals surface area (Å²) in [6, 6.07) is 3.44. The molecule has 1 aromatic heterocycles. The van der Waals surface area contributed by atoms with Crippen molar-refractivity contribution in [1.29, 1.82) is 0 Å². The molecule has 2 fully saturated rings. The van der Waals surface area contributed by atoms with Crippen LogP contribution < -0.4 is 4.90 Å². The van der Waals surface area contributed by atoms with Crippen LogP contribution in [-0.2, 0) is 9.59 Å². The van der Waals surface area contributed by atoms with Crippen molar-refractivity contribution in [2.75, 3.05) is 4.90 Å². The van der Waals surface area contributed by atoms with Gasteiger partial charge in [0.1, 0.15) is 5.82 Å². The fourth-order valence-corrected chi connectivity index (χ4v) is 2.14. The van der Waals surface area contributed by atoms with E-state index in [4.69, 9.17) is 0 Å². The van der Waals surface area contributed by atoms with Crippen LogP contribution in [0.25, 0.3) is 0 Å². The summed E-state index contributed by atoms with van der Waals surface area (Å²) in [7, 11) is 0. The number of hydrogen-bond donors (Lipinski definition) is 0. The molecule has 2 aliphatic rings. The van der Waals surface area contributed by atoms with Crippen LogP contribution in [-0.4, -0.2) is 16.8 Å². The fraction of sp³-hybridized carbons (Fsp3) is 0.300. The minimum Gasteiger partial charge on any atom is -0.274 e. The first-order valence-corrected chi connectivity index (χ1v) is 5.47. The van der Waals surface area contributed by atoms with Crippen molar-refractivity contribution in [2.45, 2.75) is 6.42 Å². The molecule has 0 spiro atoms. The Labute approximate surface area is 94.4 Å². The first-order valence-electron chi connectivity index (χ1n) is 4.68. The summed E-state index contributed by atoms with van der Waals surface area (Å²) in [6.07, 6.45) is 2.31. The monoisotopic (exact) mass is 266 g/mol. The number of amides is 2. The van der Waals surface area contributed by atoms with Crippen molar-refractivity contribution in [1.82, 2.24) is 4.98 Å². The van der Waals surface area contributed by atoms with Crippen LogP contribution in [0.3, 0.4) is 0 Å². The highest BCUT2D eigenvalue weighted by Crippen LogP contribution is 2.47. The van der Waals surface area contributed by atoms with Gasteiger partial charge in [0.2, 0.25) is 11.8 Å². The molecule has 0 bridgehead atoms. The minimum absolute atomic E-state index is 0.0667. The van der Waals surface area contributed by atoms with Gasteiger partial charge in [-0.2, -0.15) is 0 Å². The molecule has 2 unspecified atom stereocenters. The number of aromatic nitrogens is 1. The predicted molar refractivity (Wildman–Crippen MR) is 56.0 cm³/mol. The van der Waals surface area contributed by atoms with E-state index in [1.807, 2.05) is 0 Å². The molecule has 1 saturated carbocycles. The van der Waals surface area contributed by atoms with E-state index in [9.17, 15) is 9.59 Å². The average Bonchev–Trinajstić information content (AvgIpc) is 2.96. The van der Waals surface area contributed by atoms with E-state index < -0.39 is 0 Å². The van der Waals surface area contributed by atoms with Crippen LogP contribution in [0.1, 0.15) is 6.42 Å². The van der Waals surface area contributed by atoms with E-state index in [0.29, 0.717) is 5.82 Å². The summed E-state index contributed by atoms with van der Waals surface area (Å²) in [5, 5.41) is 0. The zero-order chi connectivity index (χ0) is 10.6. The van der Waals surface area contributed by atoms with Crippen molar-refractivity contribution >= 4 is 33.6 Å². The van der Waals surface area contributed by atoms with E-state index >= 15 is 0 Å². The molecule has 5 heteroatoms. The Morgan fingerprint density at radius 2 is 1.93 bits per heavy atom. The van der Waals surface area contributed by atoms with Crippen molar-refractivity contribution < 1.29 is 9.59 Å². The molecule has 76 valence electrons. The van der Waals surface area contributed by atoms with Crippen LogP contribution in [0.4, 0.5) is 5.82 Å². The lowest BCUT2D eigenvalue weighted by Crippen LogP contribution is -2.33. The summed E-state index contributed by atoms with van der Waals surface area (Å²) in [5.74, 6) is 0.103. The zero-order valence-electron chi connectivity index (χ0n) is 7.68. The first kappa shape index (κ1) is 9.03. The Balaban J connectivity index is 1.98. The van der Waals surface area contributed by atoms with Gasteiger partial charge in [-0.25, -0.2) is 9.88 Å². The largest absolute Gasteiger partial charge is 0.274 e. The maximum atomic E-state index is 11.7. The highest BCUT2D eigenvalue weighted by molar-refractivity contribution is 9.10. The smallest absolute Gasteiger partial charge is 0.238 e. The molecular weight excluding hydrogens is 260 g/mol. The number of pyridine rings is 1. The first-order chi connectivity index (χ1) is 7.18. The van der Waals surface area contributed by atoms with Gasteiger partial charge in [0, 0.05) is 10.7 Å². The van der Waals surface area contributed by atoms with Crippen LogP contribution >= 0.6 is 15.9 Å².